The first-order valence-corrected chi connectivity index (χ1v) is 17.3. The van der Waals surface area contributed by atoms with Crippen LogP contribution in [0.15, 0.2) is 84.9 Å². The van der Waals surface area contributed by atoms with Crippen LogP contribution in [0.3, 0.4) is 0 Å². The number of thioether (sulfide) groups is 1. The smallest absolute Gasteiger partial charge is 0.408 e. The molecule has 50 heavy (non-hydrogen) atoms. The highest BCUT2D eigenvalue weighted by Crippen LogP contribution is 2.18. The molecule has 3 amide bonds. The van der Waals surface area contributed by atoms with Crippen molar-refractivity contribution < 1.29 is 43.2 Å². The second-order valence-electron chi connectivity index (χ2n) is 12.5. The van der Waals surface area contributed by atoms with Crippen molar-refractivity contribution in [2.75, 3.05) is 19.5 Å². The van der Waals surface area contributed by atoms with Crippen LogP contribution in [-0.4, -0.2) is 78.3 Å². The van der Waals surface area contributed by atoms with Crippen LogP contribution in [0.2, 0.25) is 0 Å². The van der Waals surface area contributed by atoms with E-state index in [0.717, 1.165) is 16.7 Å². The zero-order valence-electron chi connectivity index (χ0n) is 29.0. The fraction of sp³-hybridized carbons (Fsp3) is 0.405. The molecule has 0 saturated carbocycles. The first kappa shape index (κ1) is 39.8. The van der Waals surface area contributed by atoms with Crippen LogP contribution < -0.4 is 20.7 Å². The predicted molar refractivity (Wildman–Crippen MR) is 191 cm³/mol. The van der Waals surface area contributed by atoms with E-state index < -0.39 is 53.7 Å². The van der Waals surface area contributed by atoms with Gasteiger partial charge >= 0.3 is 12.1 Å². The topological polar surface area (TPSA) is 162 Å². The third kappa shape index (κ3) is 14.5. The van der Waals surface area contributed by atoms with Crippen LogP contribution in [0.1, 0.15) is 44.4 Å². The summed E-state index contributed by atoms with van der Waals surface area (Å²) in [6.45, 7) is 6.69. The summed E-state index contributed by atoms with van der Waals surface area (Å²) in [4.78, 5) is 52.4. The number of methoxy groups -OCH3 is 1. The average Bonchev–Trinajstić information content (AvgIpc) is 3.09. The molecule has 0 aliphatic heterocycles. The first-order chi connectivity index (χ1) is 23.8. The van der Waals surface area contributed by atoms with Crippen LogP contribution in [0.4, 0.5) is 4.79 Å². The molecule has 13 heteroatoms. The molecule has 0 radical (unpaired) electrons. The van der Waals surface area contributed by atoms with Crippen LogP contribution in [0.5, 0.6) is 5.75 Å². The molecule has 4 atom stereocenters. The fourth-order valence-corrected chi connectivity index (χ4v) is 5.51. The van der Waals surface area contributed by atoms with Crippen molar-refractivity contribution in [2.24, 2.45) is 0 Å². The Kier molecular flexibility index (Phi) is 16.1. The standard InChI is InChI=1S/C37H47N3O9S/c1-25(48-21-27-14-10-7-11-15-27)32(40-36(45)49-37(2,3)4)34(42)38-30(22-47-20-26-12-8-6-9-13-26)33(41)39-31(35(43)44)24-50-23-28-16-18-29(46-5)19-17-28/h6-19,25,30-32H,20-24H2,1-5H3,(H,38,42)(H,39,41)(H,40,45)(H,43,44)/t25-,30+,31+,32+/m1/s1. The fourth-order valence-electron chi connectivity index (χ4n) is 4.51. The van der Waals surface area contributed by atoms with Crippen molar-refractivity contribution in [1.29, 1.82) is 0 Å². The quantitative estimate of drug-likeness (QED) is 0.137. The summed E-state index contributed by atoms with van der Waals surface area (Å²) in [5, 5.41) is 17.7. The van der Waals surface area contributed by atoms with Crippen LogP contribution in [-0.2, 0) is 47.6 Å². The molecule has 0 heterocycles. The number of carbonyl (C=O) groups excluding carboxylic acids is 3. The number of amides is 3. The average molecular weight is 710 g/mol. The molecule has 0 aliphatic rings. The molecule has 270 valence electrons. The Hall–Kier alpha value is -4.59. The molecule has 0 aliphatic carbocycles. The van der Waals surface area contributed by atoms with Crippen molar-refractivity contribution in [1.82, 2.24) is 16.0 Å². The summed E-state index contributed by atoms with van der Waals surface area (Å²) < 4.78 is 22.4. The zero-order valence-corrected chi connectivity index (χ0v) is 29.9. The number of aliphatic carboxylic acids is 1. The summed E-state index contributed by atoms with van der Waals surface area (Å²) >= 11 is 1.33. The number of hydrogen-bond acceptors (Lipinski definition) is 9. The van der Waals surface area contributed by atoms with Crippen LogP contribution in [0, 0.1) is 0 Å². The summed E-state index contributed by atoms with van der Waals surface area (Å²) in [5.41, 5.74) is 1.80. The van der Waals surface area contributed by atoms with Gasteiger partial charge in [-0.3, -0.25) is 9.59 Å². The molecule has 0 saturated heterocycles. The highest BCUT2D eigenvalue weighted by atomic mass is 32.2. The van der Waals surface area contributed by atoms with Gasteiger partial charge in [0.2, 0.25) is 11.8 Å². The molecule has 0 aromatic heterocycles. The monoisotopic (exact) mass is 709 g/mol. The van der Waals surface area contributed by atoms with Crippen molar-refractivity contribution >= 4 is 35.6 Å². The number of carboxylic acid groups (broad SMARTS) is 1. The minimum atomic E-state index is -1.32. The van der Waals surface area contributed by atoms with E-state index in [1.54, 1.807) is 34.8 Å². The molecule has 3 aromatic carbocycles. The number of ether oxygens (including phenoxy) is 4. The van der Waals surface area contributed by atoms with E-state index >= 15 is 0 Å². The number of hydrogen-bond donors (Lipinski definition) is 4. The van der Waals surface area contributed by atoms with Crippen molar-refractivity contribution in [2.45, 2.75) is 76.5 Å². The Balaban J connectivity index is 1.75. The van der Waals surface area contributed by atoms with Gasteiger partial charge in [-0.2, -0.15) is 11.8 Å². The minimum absolute atomic E-state index is 0.0613. The van der Waals surface area contributed by atoms with Crippen molar-refractivity contribution in [3.8, 4) is 5.75 Å². The lowest BCUT2D eigenvalue weighted by atomic mass is 10.1. The Morgan fingerprint density at radius 3 is 1.90 bits per heavy atom. The van der Waals surface area contributed by atoms with Gasteiger partial charge in [0, 0.05) is 11.5 Å². The highest BCUT2D eigenvalue weighted by molar-refractivity contribution is 7.98. The van der Waals surface area contributed by atoms with Crippen LogP contribution >= 0.6 is 11.8 Å². The van der Waals surface area contributed by atoms with Gasteiger partial charge in [0.1, 0.15) is 29.5 Å². The molecule has 3 aromatic rings. The maximum atomic E-state index is 13.8. The third-order valence-corrected chi connectivity index (χ3v) is 8.24. The highest BCUT2D eigenvalue weighted by Gasteiger charge is 2.34. The number of carbonyl (C=O) groups is 4. The van der Waals surface area contributed by atoms with Gasteiger partial charge in [-0.15, -0.1) is 0 Å². The van der Waals surface area contributed by atoms with Gasteiger partial charge in [-0.25, -0.2) is 9.59 Å². The molecule has 4 N–H and O–H groups in total. The van der Waals surface area contributed by atoms with E-state index in [9.17, 15) is 24.3 Å². The molecule has 3 rings (SSSR count). The number of alkyl carbamates (subject to hydrolysis) is 1. The normalized spacial score (nSPS) is 13.6. The minimum Gasteiger partial charge on any atom is -0.497 e. The maximum Gasteiger partial charge on any atom is 0.408 e. The van der Waals surface area contributed by atoms with Crippen molar-refractivity contribution in [3.63, 3.8) is 0 Å². The van der Waals surface area contributed by atoms with E-state index in [-0.39, 0.29) is 25.6 Å². The van der Waals surface area contributed by atoms with Gasteiger partial charge in [-0.05, 0) is 56.5 Å². The Labute approximate surface area is 297 Å². The largest absolute Gasteiger partial charge is 0.497 e. The zero-order chi connectivity index (χ0) is 36.5. The second-order valence-corrected chi connectivity index (χ2v) is 13.5. The Morgan fingerprint density at radius 2 is 1.34 bits per heavy atom. The molecule has 0 spiro atoms. The lowest BCUT2D eigenvalue weighted by molar-refractivity contribution is -0.142. The second kappa shape index (κ2) is 20.2. The molecule has 12 nitrogen and oxygen atoms in total. The summed E-state index contributed by atoms with van der Waals surface area (Å²) in [6, 6.07) is 22.1. The lowest BCUT2D eigenvalue weighted by Crippen LogP contribution is -2.60. The van der Waals surface area contributed by atoms with Crippen molar-refractivity contribution in [3.05, 3.63) is 102 Å². The van der Waals surface area contributed by atoms with E-state index in [1.807, 2.05) is 84.9 Å². The van der Waals surface area contributed by atoms with E-state index in [0.29, 0.717) is 11.5 Å². The molecular weight excluding hydrogens is 662 g/mol. The van der Waals surface area contributed by atoms with E-state index in [4.69, 9.17) is 18.9 Å². The lowest BCUT2D eigenvalue weighted by Gasteiger charge is -2.29. The number of nitrogens with one attached hydrogen (secondary N) is 3. The SMILES string of the molecule is COc1ccc(CSC[C@H](NC(=O)[C@H](COCc2ccccc2)NC(=O)[C@@H](NC(=O)OC(C)(C)C)[C@@H](C)OCc2ccccc2)C(=O)O)cc1. The first-order valence-electron chi connectivity index (χ1n) is 16.2. The summed E-state index contributed by atoms with van der Waals surface area (Å²) in [5.74, 6) is -1.48. The predicted octanol–water partition coefficient (Wildman–Crippen LogP) is 4.70. The number of carboxylic acids is 1. The molecule has 0 bridgehead atoms. The van der Waals surface area contributed by atoms with Gasteiger partial charge in [-0.1, -0.05) is 72.8 Å². The van der Waals surface area contributed by atoms with E-state index in [1.165, 1.54) is 11.8 Å². The third-order valence-electron chi connectivity index (χ3n) is 7.14. The Morgan fingerprint density at radius 1 is 0.760 bits per heavy atom. The summed E-state index contributed by atoms with van der Waals surface area (Å²) in [6.07, 6.45) is -1.72. The van der Waals surface area contributed by atoms with Gasteiger partial charge < -0.3 is 40.0 Å². The maximum absolute atomic E-state index is 13.8. The van der Waals surface area contributed by atoms with Crippen LogP contribution in [0.25, 0.3) is 0 Å². The van der Waals surface area contributed by atoms with Gasteiger partial charge in [0.25, 0.3) is 0 Å². The Bertz CT molecular complexity index is 1500. The summed E-state index contributed by atoms with van der Waals surface area (Å²) in [7, 11) is 1.57. The molecule has 0 unspecified atom stereocenters. The number of rotatable bonds is 19. The van der Waals surface area contributed by atoms with E-state index in [2.05, 4.69) is 16.0 Å². The van der Waals surface area contributed by atoms with Gasteiger partial charge in [0.15, 0.2) is 0 Å². The number of benzene rings is 3. The van der Waals surface area contributed by atoms with Gasteiger partial charge in [0.05, 0.1) is 33.0 Å². The molecule has 0 fully saturated rings. The molecular formula is C37H47N3O9S.